The van der Waals surface area contributed by atoms with Gasteiger partial charge < -0.3 is 9.47 Å². The van der Waals surface area contributed by atoms with Gasteiger partial charge in [-0.1, -0.05) is 18.2 Å². The SMILES string of the molecule is CCOC(=O)C(=O)CCCCOc1ccccc1C. The number of ketones is 1. The van der Waals surface area contributed by atoms with Crippen LogP contribution < -0.4 is 4.74 Å². The fraction of sp³-hybridized carbons (Fsp3) is 0.467. The number of rotatable bonds is 8. The number of carbonyl (C=O) groups excluding carboxylic acids is 2. The van der Waals surface area contributed by atoms with Crippen molar-refractivity contribution in [3.05, 3.63) is 29.8 Å². The van der Waals surface area contributed by atoms with Crippen LogP contribution >= 0.6 is 0 Å². The quantitative estimate of drug-likeness (QED) is 0.411. The van der Waals surface area contributed by atoms with Crippen molar-refractivity contribution in [2.45, 2.75) is 33.1 Å². The Labute approximate surface area is 113 Å². The summed E-state index contributed by atoms with van der Waals surface area (Å²) in [7, 11) is 0. The van der Waals surface area contributed by atoms with Gasteiger partial charge in [-0.3, -0.25) is 4.79 Å². The molecular weight excluding hydrogens is 244 g/mol. The summed E-state index contributed by atoms with van der Waals surface area (Å²) in [4.78, 5) is 22.4. The van der Waals surface area contributed by atoms with Crippen LogP contribution in [-0.2, 0) is 14.3 Å². The van der Waals surface area contributed by atoms with Gasteiger partial charge >= 0.3 is 5.97 Å². The average Bonchev–Trinajstić information content (AvgIpc) is 2.40. The van der Waals surface area contributed by atoms with E-state index in [9.17, 15) is 9.59 Å². The molecule has 0 unspecified atom stereocenters. The Morgan fingerprint density at radius 3 is 2.58 bits per heavy atom. The van der Waals surface area contributed by atoms with Crippen molar-refractivity contribution in [1.29, 1.82) is 0 Å². The van der Waals surface area contributed by atoms with Crippen LogP contribution in [0.15, 0.2) is 24.3 Å². The van der Waals surface area contributed by atoms with E-state index in [2.05, 4.69) is 4.74 Å². The highest BCUT2D eigenvalue weighted by molar-refractivity contribution is 6.33. The Balaban J connectivity index is 2.17. The molecular formula is C15H20O4. The minimum absolute atomic E-state index is 0.218. The summed E-state index contributed by atoms with van der Waals surface area (Å²) in [5.41, 5.74) is 1.09. The summed E-state index contributed by atoms with van der Waals surface area (Å²) < 4.78 is 10.2. The van der Waals surface area contributed by atoms with E-state index in [-0.39, 0.29) is 13.0 Å². The third kappa shape index (κ3) is 5.55. The van der Waals surface area contributed by atoms with Crippen LogP contribution in [0.1, 0.15) is 31.7 Å². The van der Waals surface area contributed by atoms with E-state index in [4.69, 9.17) is 4.74 Å². The highest BCUT2D eigenvalue weighted by Gasteiger charge is 2.13. The number of carbonyl (C=O) groups is 2. The Morgan fingerprint density at radius 1 is 1.16 bits per heavy atom. The van der Waals surface area contributed by atoms with Crippen LogP contribution in [0.2, 0.25) is 0 Å². The molecule has 1 rings (SSSR count). The molecule has 0 atom stereocenters. The zero-order valence-electron chi connectivity index (χ0n) is 11.5. The highest BCUT2D eigenvalue weighted by Crippen LogP contribution is 2.16. The Hall–Kier alpha value is -1.84. The van der Waals surface area contributed by atoms with Crippen LogP contribution in [0.25, 0.3) is 0 Å². The van der Waals surface area contributed by atoms with Gasteiger partial charge in [0.15, 0.2) is 0 Å². The molecule has 0 amide bonds. The molecule has 0 aromatic heterocycles. The molecule has 1 aromatic rings. The van der Waals surface area contributed by atoms with Crippen molar-refractivity contribution in [2.75, 3.05) is 13.2 Å². The lowest BCUT2D eigenvalue weighted by Gasteiger charge is -2.08. The second-order valence-electron chi connectivity index (χ2n) is 4.21. The summed E-state index contributed by atoms with van der Waals surface area (Å²) >= 11 is 0. The molecule has 4 heteroatoms. The first kappa shape index (κ1) is 15.2. The largest absolute Gasteiger partial charge is 0.493 e. The molecule has 0 saturated heterocycles. The first-order valence-corrected chi connectivity index (χ1v) is 6.53. The van der Waals surface area contributed by atoms with E-state index >= 15 is 0 Å². The van der Waals surface area contributed by atoms with Crippen molar-refractivity contribution < 1.29 is 19.1 Å². The monoisotopic (exact) mass is 264 g/mol. The topological polar surface area (TPSA) is 52.6 Å². The van der Waals surface area contributed by atoms with Crippen LogP contribution in [-0.4, -0.2) is 25.0 Å². The predicted molar refractivity (Wildman–Crippen MR) is 72.2 cm³/mol. The zero-order valence-corrected chi connectivity index (χ0v) is 11.5. The standard InChI is InChI=1S/C15H20O4/c1-3-18-15(17)13(16)9-6-7-11-19-14-10-5-4-8-12(14)2/h4-5,8,10H,3,6-7,9,11H2,1-2H3. The molecule has 4 nitrogen and oxygen atoms in total. The molecule has 0 bridgehead atoms. The van der Waals surface area contributed by atoms with E-state index in [1.807, 2.05) is 31.2 Å². The van der Waals surface area contributed by atoms with Crippen LogP contribution in [0.4, 0.5) is 0 Å². The first-order valence-electron chi connectivity index (χ1n) is 6.53. The smallest absolute Gasteiger partial charge is 0.374 e. The van der Waals surface area contributed by atoms with Gasteiger partial charge in [-0.05, 0) is 38.3 Å². The number of esters is 1. The highest BCUT2D eigenvalue weighted by atomic mass is 16.5. The van der Waals surface area contributed by atoms with Gasteiger partial charge in [-0.2, -0.15) is 0 Å². The first-order chi connectivity index (χ1) is 9.15. The molecule has 104 valence electrons. The molecule has 0 heterocycles. The maximum Gasteiger partial charge on any atom is 0.374 e. The van der Waals surface area contributed by atoms with Gasteiger partial charge in [-0.25, -0.2) is 4.79 Å². The van der Waals surface area contributed by atoms with Gasteiger partial charge in [0.1, 0.15) is 5.75 Å². The van der Waals surface area contributed by atoms with Crippen molar-refractivity contribution in [2.24, 2.45) is 0 Å². The Bertz CT molecular complexity index is 426. The van der Waals surface area contributed by atoms with Crippen molar-refractivity contribution in [3.8, 4) is 5.75 Å². The minimum Gasteiger partial charge on any atom is -0.493 e. The zero-order chi connectivity index (χ0) is 14.1. The lowest BCUT2D eigenvalue weighted by Crippen LogP contribution is -2.17. The third-order valence-corrected chi connectivity index (χ3v) is 2.65. The van der Waals surface area contributed by atoms with E-state index in [1.54, 1.807) is 6.92 Å². The van der Waals surface area contributed by atoms with E-state index in [0.717, 1.165) is 17.7 Å². The summed E-state index contributed by atoms with van der Waals surface area (Å²) in [5.74, 6) is -0.334. The van der Waals surface area contributed by atoms with Gasteiger partial charge in [0, 0.05) is 6.42 Å². The summed E-state index contributed by atoms with van der Waals surface area (Å²) in [6.07, 6.45) is 1.58. The lowest BCUT2D eigenvalue weighted by atomic mass is 10.2. The van der Waals surface area contributed by atoms with Crippen LogP contribution in [0.5, 0.6) is 5.75 Å². The Morgan fingerprint density at radius 2 is 1.89 bits per heavy atom. The molecule has 0 saturated carbocycles. The molecule has 0 aliphatic heterocycles. The number of hydrogen-bond donors (Lipinski definition) is 0. The predicted octanol–water partition coefficient (Wildman–Crippen LogP) is 2.68. The number of hydrogen-bond acceptors (Lipinski definition) is 4. The van der Waals surface area contributed by atoms with Gasteiger partial charge in [0.2, 0.25) is 5.78 Å². The fourth-order valence-corrected chi connectivity index (χ4v) is 1.60. The number of unbranched alkanes of at least 4 members (excludes halogenated alkanes) is 1. The normalized spacial score (nSPS) is 10.0. The molecule has 0 N–H and O–H groups in total. The molecule has 0 aliphatic carbocycles. The summed E-state index contributed by atoms with van der Waals surface area (Å²) in [6.45, 7) is 4.45. The lowest BCUT2D eigenvalue weighted by molar-refractivity contribution is -0.153. The number of benzene rings is 1. The number of aryl methyl sites for hydroxylation is 1. The second kappa shape index (κ2) is 8.29. The summed E-state index contributed by atoms with van der Waals surface area (Å²) in [6, 6.07) is 7.78. The second-order valence-corrected chi connectivity index (χ2v) is 4.21. The molecule has 0 spiro atoms. The minimum atomic E-state index is -0.734. The molecule has 0 fully saturated rings. The van der Waals surface area contributed by atoms with E-state index in [1.165, 1.54) is 0 Å². The maximum atomic E-state index is 11.3. The number of para-hydroxylation sites is 1. The summed E-state index contributed by atoms with van der Waals surface area (Å²) in [5, 5.41) is 0. The van der Waals surface area contributed by atoms with Gasteiger partial charge in [0.05, 0.1) is 13.2 Å². The van der Waals surface area contributed by atoms with Crippen LogP contribution in [0, 0.1) is 6.92 Å². The van der Waals surface area contributed by atoms with Gasteiger partial charge in [-0.15, -0.1) is 0 Å². The van der Waals surface area contributed by atoms with E-state index in [0.29, 0.717) is 13.0 Å². The number of Topliss-reactive ketones (excluding diaryl/α,β-unsaturated/α-hetero) is 1. The van der Waals surface area contributed by atoms with Crippen LogP contribution in [0.3, 0.4) is 0 Å². The van der Waals surface area contributed by atoms with Crippen molar-refractivity contribution >= 4 is 11.8 Å². The maximum absolute atomic E-state index is 11.3. The Kier molecular flexibility index (Phi) is 6.64. The molecule has 19 heavy (non-hydrogen) atoms. The molecule has 1 aromatic carbocycles. The average molecular weight is 264 g/mol. The molecule has 0 radical (unpaired) electrons. The molecule has 0 aliphatic rings. The fourth-order valence-electron chi connectivity index (χ4n) is 1.60. The van der Waals surface area contributed by atoms with Gasteiger partial charge in [0.25, 0.3) is 0 Å². The number of ether oxygens (including phenoxy) is 2. The third-order valence-electron chi connectivity index (χ3n) is 2.65. The van der Waals surface area contributed by atoms with Crippen molar-refractivity contribution in [1.82, 2.24) is 0 Å². The van der Waals surface area contributed by atoms with E-state index < -0.39 is 11.8 Å². The van der Waals surface area contributed by atoms with Crippen molar-refractivity contribution in [3.63, 3.8) is 0 Å².